The molecule has 6 heteroatoms. The molecule has 27 heavy (non-hydrogen) atoms. The number of carbonyl (C=O) groups excluding carboxylic acids is 2. The Balaban J connectivity index is 1.45. The predicted molar refractivity (Wildman–Crippen MR) is 101 cm³/mol. The standard InChI is InChI=1S/C21H27NO5/c1-21(2,3)27-20(24)22-10-8-15(9-11-22)13-26-19(23)17-12-16-6-4-5-7-18(16)25-14-17/h4-7,12,15H,8-11,13-14H2,1-3H3. The van der Waals surface area contributed by atoms with Gasteiger partial charge in [-0.25, -0.2) is 9.59 Å². The Morgan fingerprint density at radius 2 is 1.89 bits per heavy atom. The molecular formula is C21H27NO5. The maximum Gasteiger partial charge on any atom is 0.410 e. The van der Waals surface area contributed by atoms with Gasteiger partial charge in [0.25, 0.3) is 0 Å². The average molecular weight is 373 g/mol. The second-order valence-corrected chi connectivity index (χ2v) is 8.01. The van der Waals surface area contributed by atoms with E-state index in [0.29, 0.717) is 25.3 Å². The first-order valence-corrected chi connectivity index (χ1v) is 9.39. The quantitative estimate of drug-likeness (QED) is 0.757. The Morgan fingerprint density at radius 3 is 2.59 bits per heavy atom. The van der Waals surface area contributed by atoms with Crippen molar-refractivity contribution in [1.29, 1.82) is 0 Å². The first kappa shape index (κ1) is 19.3. The molecule has 1 aromatic rings. The third-order valence-corrected chi connectivity index (χ3v) is 4.61. The van der Waals surface area contributed by atoms with E-state index in [1.807, 2.05) is 51.1 Å². The summed E-state index contributed by atoms with van der Waals surface area (Å²) in [6, 6.07) is 7.60. The van der Waals surface area contributed by atoms with Gasteiger partial charge in [-0.15, -0.1) is 0 Å². The van der Waals surface area contributed by atoms with Crippen LogP contribution in [0, 0.1) is 5.92 Å². The van der Waals surface area contributed by atoms with Gasteiger partial charge in [0.1, 0.15) is 18.0 Å². The predicted octanol–water partition coefficient (Wildman–Crippen LogP) is 3.65. The average Bonchev–Trinajstić information content (AvgIpc) is 2.64. The molecule has 146 valence electrons. The third kappa shape index (κ3) is 5.25. The van der Waals surface area contributed by atoms with Gasteiger partial charge in [-0.2, -0.15) is 0 Å². The number of fused-ring (bicyclic) bond motifs is 1. The fraction of sp³-hybridized carbons (Fsp3) is 0.524. The van der Waals surface area contributed by atoms with E-state index in [2.05, 4.69) is 0 Å². The number of para-hydroxylation sites is 1. The van der Waals surface area contributed by atoms with Crippen LogP contribution in [0.1, 0.15) is 39.2 Å². The first-order valence-electron chi connectivity index (χ1n) is 9.39. The van der Waals surface area contributed by atoms with E-state index in [0.717, 1.165) is 24.2 Å². The molecule has 1 amide bonds. The van der Waals surface area contributed by atoms with Crippen molar-refractivity contribution in [2.45, 2.75) is 39.2 Å². The van der Waals surface area contributed by atoms with Crippen LogP contribution in [-0.2, 0) is 14.3 Å². The van der Waals surface area contributed by atoms with E-state index in [4.69, 9.17) is 14.2 Å². The molecule has 0 saturated carbocycles. The van der Waals surface area contributed by atoms with Crippen molar-refractivity contribution in [3.63, 3.8) is 0 Å². The van der Waals surface area contributed by atoms with Crippen LogP contribution >= 0.6 is 0 Å². The fourth-order valence-corrected chi connectivity index (χ4v) is 3.13. The number of esters is 1. The summed E-state index contributed by atoms with van der Waals surface area (Å²) in [6.07, 6.45) is 3.14. The van der Waals surface area contributed by atoms with E-state index in [9.17, 15) is 9.59 Å². The highest BCUT2D eigenvalue weighted by Crippen LogP contribution is 2.26. The molecule has 6 nitrogen and oxygen atoms in total. The largest absolute Gasteiger partial charge is 0.488 e. The van der Waals surface area contributed by atoms with E-state index >= 15 is 0 Å². The van der Waals surface area contributed by atoms with Gasteiger partial charge >= 0.3 is 12.1 Å². The Labute approximate surface area is 160 Å². The Hall–Kier alpha value is -2.50. The molecule has 0 aromatic heterocycles. The molecule has 0 spiro atoms. The SMILES string of the molecule is CC(C)(C)OC(=O)N1CCC(COC(=O)C2=Cc3ccccc3OC2)CC1. The van der Waals surface area contributed by atoms with Crippen molar-refractivity contribution in [3.8, 4) is 5.75 Å². The molecule has 2 aliphatic rings. The number of hydrogen-bond acceptors (Lipinski definition) is 5. The lowest BCUT2D eigenvalue weighted by Crippen LogP contribution is -2.42. The minimum Gasteiger partial charge on any atom is -0.488 e. The number of likely N-dealkylation sites (tertiary alicyclic amines) is 1. The second kappa shape index (κ2) is 8.03. The summed E-state index contributed by atoms with van der Waals surface area (Å²) in [6.45, 7) is 7.41. The van der Waals surface area contributed by atoms with Crippen molar-refractivity contribution in [3.05, 3.63) is 35.4 Å². The van der Waals surface area contributed by atoms with E-state index in [1.54, 1.807) is 4.90 Å². The highest BCUT2D eigenvalue weighted by Gasteiger charge is 2.28. The van der Waals surface area contributed by atoms with Crippen LogP contribution in [0.15, 0.2) is 29.8 Å². The number of benzene rings is 1. The summed E-state index contributed by atoms with van der Waals surface area (Å²) in [5.41, 5.74) is 0.930. The molecule has 0 aliphatic carbocycles. The number of amides is 1. The van der Waals surface area contributed by atoms with Gasteiger partial charge in [0.15, 0.2) is 0 Å². The summed E-state index contributed by atoms with van der Waals surface area (Å²) in [4.78, 5) is 26.1. The van der Waals surface area contributed by atoms with Gasteiger partial charge in [0, 0.05) is 18.7 Å². The summed E-state index contributed by atoms with van der Waals surface area (Å²) in [5, 5.41) is 0. The number of nitrogens with zero attached hydrogens (tertiary/aromatic N) is 1. The van der Waals surface area contributed by atoms with Crippen LogP contribution in [0.5, 0.6) is 5.75 Å². The molecule has 0 radical (unpaired) electrons. The number of hydrogen-bond donors (Lipinski definition) is 0. The van der Waals surface area contributed by atoms with Gasteiger partial charge in [-0.1, -0.05) is 18.2 Å². The number of rotatable bonds is 3. The van der Waals surface area contributed by atoms with E-state index in [1.165, 1.54) is 0 Å². The van der Waals surface area contributed by atoms with Crippen LogP contribution < -0.4 is 4.74 Å². The minimum absolute atomic E-state index is 0.229. The van der Waals surface area contributed by atoms with Gasteiger partial charge in [-0.05, 0) is 51.7 Å². The van der Waals surface area contributed by atoms with Crippen LogP contribution in [-0.4, -0.2) is 48.9 Å². The zero-order chi connectivity index (χ0) is 19.4. The van der Waals surface area contributed by atoms with Crippen molar-refractivity contribution in [2.24, 2.45) is 5.92 Å². The summed E-state index contributed by atoms with van der Waals surface area (Å²) >= 11 is 0. The van der Waals surface area contributed by atoms with Gasteiger partial charge in [-0.3, -0.25) is 0 Å². The smallest absolute Gasteiger partial charge is 0.410 e. The molecule has 1 saturated heterocycles. The molecule has 0 atom stereocenters. The van der Waals surface area contributed by atoms with Gasteiger partial charge < -0.3 is 19.1 Å². The maximum atomic E-state index is 12.3. The van der Waals surface area contributed by atoms with Crippen LogP contribution in [0.3, 0.4) is 0 Å². The summed E-state index contributed by atoms with van der Waals surface area (Å²) in [7, 11) is 0. The molecule has 0 bridgehead atoms. The van der Waals surface area contributed by atoms with Gasteiger partial charge in [0.2, 0.25) is 0 Å². The molecule has 1 fully saturated rings. The molecule has 1 aromatic carbocycles. The lowest BCUT2D eigenvalue weighted by atomic mass is 9.98. The number of ether oxygens (including phenoxy) is 3. The lowest BCUT2D eigenvalue weighted by molar-refractivity contribution is -0.141. The van der Waals surface area contributed by atoms with Crippen molar-refractivity contribution in [1.82, 2.24) is 4.90 Å². The van der Waals surface area contributed by atoms with Crippen molar-refractivity contribution < 1.29 is 23.8 Å². The van der Waals surface area contributed by atoms with E-state index < -0.39 is 5.60 Å². The van der Waals surface area contributed by atoms with Crippen LogP contribution in [0.4, 0.5) is 4.79 Å². The maximum absolute atomic E-state index is 12.3. The number of carbonyl (C=O) groups is 2. The Bertz CT molecular complexity index is 726. The Kier molecular flexibility index (Phi) is 5.73. The molecule has 2 aliphatic heterocycles. The highest BCUT2D eigenvalue weighted by molar-refractivity contribution is 5.95. The van der Waals surface area contributed by atoms with Gasteiger partial charge in [0.05, 0.1) is 12.2 Å². The molecule has 0 unspecified atom stereocenters. The summed E-state index contributed by atoms with van der Waals surface area (Å²) < 4.78 is 16.5. The fourth-order valence-electron chi connectivity index (χ4n) is 3.13. The summed E-state index contributed by atoms with van der Waals surface area (Å²) in [5.74, 6) is 0.702. The molecule has 2 heterocycles. The van der Waals surface area contributed by atoms with Crippen molar-refractivity contribution >= 4 is 18.1 Å². The Morgan fingerprint density at radius 1 is 1.19 bits per heavy atom. The highest BCUT2D eigenvalue weighted by atomic mass is 16.6. The zero-order valence-electron chi connectivity index (χ0n) is 16.2. The minimum atomic E-state index is -0.488. The topological polar surface area (TPSA) is 65.1 Å². The lowest BCUT2D eigenvalue weighted by Gasteiger charge is -2.33. The van der Waals surface area contributed by atoms with Crippen molar-refractivity contribution in [2.75, 3.05) is 26.3 Å². The van der Waals surface area contributed by atoms with Crippen LogP contribution in [0.25, 0.3) is 6.08 Å². The zero-order valence-corrected chi connectivity index (χ0v) is 16.2. The third-order valence-electron chi connectivity index (χ3n) is 4.61. The van der Waals surface area contributed by atoms with Crippen LogP contribution in [0.2, 0.25) is 0 Å². The molecule has 0 N–H and O–H groups in total. The number of piperidine rings is 1. The first-order chi connectivity index (χ1) is 12.8. The normalized spacial score (nSPS) is 17.4. The monoisotopic (exact) mass is 373 g/mol. The second-order valence-electron chi connectivity index (χ2n) is 8.01. The van der Waals surface area contributed by atoms with E-state index in [-0.39, 0.29) is 24.6 Å². The molecule has 3 rings (SSSR count). The molecular weight excluding hydrogens is 346 g/mol.